The lowest BCUT2D eigenvalue weighted by Gasteiger charge is -2.07. The first kappa shape index (κ1) is 22.6. The second kappa shape index (κ2) is 9.51. The summed E-state index contributed by atoms with van der Waals surface area (Å²) < 4.78 is 44.2. The molecule has 1 amide bonds. The van der Waals surface area contributed by atoms with Gasteiger partial charge >= 0.3 is 0 Å². The van der Waals surface area contributed by atoms with Gasteiger partial charge in [-0.25, -0.2) is 17.8 Å². The van der Waals surface area contributed by atoms with Gasteiger partial charge in [0.15, 0.2) is 15.0 Å². The topological polar surface area (TPSA) is 85.4 Å². The fourth-order valence-corrected chi connectivity index (χ4v) is 5.30. The average Bonchev–Trinajstić information content (AvgIpc) is 3.28. The number of carbonyl (C=O) groups is 1. The van der Waals surface area contributed by atoms with Gasteiger partial charge in [-0.05, 0) is 48.0 Å². The molecule has 0 fully saturated rings. The van der Waals surface area contributed by atoms with Crippen LogP contribution in [0.15, 0.2) is 83.1 Å². The molecule has 168 valence electrons. The molecule has 1 N–H and O–H groups in total. The van der Waals surface area contributed by atoms with Crippen LogP contribution in [-0.2, 0) is 15.6 Å². The second-order valence-corrected chi connectivity index (χ2v) is 9.96. The van der Waals surface area contributed by atoms with Gasteiger partial charge in [0.2, 0.25) is 0 Å². The zero-order valence-corrected chi connectivity index (χ0v) is 19.1. The number of anilines is 1. The third kappa shape index (κ3) is 5.27. The minimum atomic E-state index is -3.54. The van der Waals surface area contributed by atoms with E-state index in [1.54, 1.807) is 60.0 Å². The first-order valence-corrected chi connectivity index (χ1v) is 12.4. The Hall–Kier alpha value is -3.56. The Morgan fingerprint density at radius 3 is 2.61 bits per heavy atom. The summed E-state index contributed by atoms with van der Waals surface area (Å²) in [4.78, 5) is 17.3. The fourth-order valence-electron chi connectivity index (χ4n) is 3.24. The van der Waals surface area contributed by atoms with Crippen LogP contribution >= 0.6 is 11.3 Å². The molecule has 3 aromatic carbocycles. The molecule has 1 aromatic heterocycles. The van der Waals surface area contributed by atoms with Gasteiger partial charge in [0.25, 0.3) is 5.91 Å². The number of aromatic nitrogens is 1. The van der Waals surface area contributed by atoms with Crippen molar-refractivity contribution in [2.45, 2.75) is 10.6 Å². The van der Waals surface area contributed by atoms with Crippen LogP contribution in [0.5, 0.6) is 5.75 Å². The molecule has 0 unspecified atom stereocenters. The first-order chi connectivity index (χ1) is 15.9. The number of thiazole rings is 1. The molecule has 0 saturated carbocycles. The third-order valence-corrected chi connectivity index (χ3v) is 7.27. The van der Waals surface area contributed by atoms with Gasteiger partial charge in [0.05, 0.1) is 23.5 Å². The zero-order valence-electron chi connectivity index (χ0n) is 17.5. The Balaban J connectivity index is 1.51. The first-order valence-electron chi connectivity index (χ1n) is 9.83. The van der Waals surface area contributed by atoms with Crippen LogP contribution in [-0.4, -0.2) is 26.4 Å². The summed E-state index contributed by atoms with van der Waals surface area (Å²) in [5.41, 5.74) is 1.74. The number of hydrogen-bond acceptors (Lipinski definition) is 6. The van der Waals surface area contributed by atoms with Crippen molar-refractivity contribution in [1.82, 2.24) is 4.98 Å². The number of nitrogens with zero attached hydrogens (tertiary/aromatic N) is 1. The molecule has 0 aliphatic heterocycles. The average molecular weight is 483 g/mol. The molecule has 0 radical (unpaired) electrons. The third-order valence-electron chi connectivity index (χ3n) is 4.81. The molecular weight excluding hydrogens is 463 g/mol. The summed E-state index contributed by atoms with van der Waals surface area (Å²) in [6.07, 6.45) is 0. The smallest absolute Gasteiger partial charge is 0.257 e. The van der Waals surface area contributed by atoms with E-state index in [2.05, 4.69) is 10.3 Å². The number of carbonyl (C=O) groups excluding carboxylic acids is 1. The van der Waals surface area contributed by atoms with Crippen LogP contribution in [0.4, 0.5) is 9.52 Å². The minimum Gasteiger partial charge on any atom is -0.496 e. The molecule has 33 heavy (non-hydrogen) atoms. The van der Waals surface area contributed by atoms with Crippen LogP contribution in [0.1, 0.15) is 15.9 Å². The number of nitrogens with one attached hydrogen (secondary N) is 1. The van der Waals surface area contributed by atoms with Gasteiger partial charge in [-0.1, -0.05) is 30.3 Å². The number of methoxy groups -OCH3 is 1. The maximum atomic E-state index is 13.7. The number of hydrogen-bond donors (Lipinski definition) is 1. The van der Waals surface area contributed by atoms with Crippen molar-refractivity contribution in [2.24, 2.45) is 0 Å². The standard InChI is InChI=1S/C24H19FN2O4S2/c1-31-22-11-10-18(25)13-20(22)21-14-32-24(26-21)27-23(28)17-7-5-6-16(12-17)15-33(29,30)19-8-3-2-4-9-19/h2-14H,15H2,1H3,(H,26,27,28). The lowest BCUT2D eigenvalue weighted by molar-refractivity contribution is 0.102. The van der Waals surface area contributed by atoms with Crippen molar-refractivity contribution in [3.05, 3.63) is 95.1 Å². The predicted octanol–water partition coefficient (Wildman–Crippen LogP) is 5.18. The van der Waals surface area contributed by atoms with E-state index in [0.29, 0.717) is 33.3 Å². The van der Waals surface area contributed by atoms with E-state index in [0.717, 1.165) is 0 Å². The number of ether oxygens (including phenoxy) is 1. The van der Waals surface area contributed by atoms with E-state index >= 15 is 0 Å². The van der Waals surface area contributed by atoms with Crippen molar-refractivity contribution in [3.8, 4) is 17.0 Å². The summed E-state index contributed by atoms with van der Waals surface area (Å²) in [5, 5.41) is 4.72. The van der Waals surface area contributed by atoms with Gasteiger partial charge in [0, 0.05) is 16.5 Å². The van der Waals surface area contributed by atoms with E-state index in [1.165, 1.54) is 36.6 Å². The maximum Gasteiger partial charge on any atom is 0.257 e. The Morgan fingerprint density at radius 2 is 1.85 bits per heavy atom. The lowest BCUT2D eigenvalue weighted by atomic mass is 10.1. The van der Waals surface area contributed by atoms with Crippen LogP contribution in [0.2, 0.25) is 0 Å². The fraction of sp³-hybridized carbons (Fsp3) is 0.0833. The summed E-state index contributed by atoms with van der Waals surface area (Å²) >= 11 is 1.19. The van der Waals surface area contributed by atoms with E-state index < -0.39 is 21.6 Å². The Bertz CT molecular complexity index is 1400. The SMILES string of the molecule is COc1ccc(F)cc1-c1csc(NC(=O)c2cccc(CS(=O)(=O)c3ccccc3)c2)n1. The largest absolute Gasteiger partial charge is 0.496 e. The molecule has 0 bridgehead atoms. The van der Waals surface area contributed by atoms with E-state index in [9.17, 15) is 17.6 Å². The molecule has 4 rings (SSSR count). The van der Waals surface area contributed by atoms with Crippen LogP contribution in [0.25, 0.3) is 11.3 Å². The van der Waals surface area contributed by atoms with Crippen LogP contribution in [0, 0.1) is 5.82 Å². The number of rotatable bonds is 7. The molecule has 0 aliphatic rings. The van der Waals surface area contributed by atoms with Crippen molar-refractivity contribution in [1.29, 1.82) is 0 Å². The molecule has 0 aliphatic carbocycles. The van der Waals surface area contributed by atoms with Gasteiger partial charge in [-0.15, -0.1) is 11.3 Å². The highest BCUT2D eigenvalue weighted by Crippen LogP contribution is 2.33. The van der Waals surface area contributed by atoms with Crippen molar-refractivity contribution < 1.29 is 22.3 Å². The quantitative estimate of drug-likeness (QED) is 0.392. The molecule has 9 heteroatoms. The van der Waals surface area contributed by atoms with Gasteiger partial charge in [-0.2, -0.15) is 0 Å². The highest BCUT2D eigenvalue weighted by Gasteiger charge is 2.17. The Labute approximate surface area is 194 Å². The number of benzene rings is 3. The van der Waals surface area contributed by atoms with E-state index in [-0.39, 0.29) is 10.6 Å². The molecule has 0 atom stereocenters. The Kier molecular flexibility index (Phi) is 6.52. The lowest BCUT2D eigenvalue weighted by Crippen LogP contribution is -2.12. The molecular formula is C24H19FN2O4S2. The van der Waals surface area contributed by atoms with Gasteiger partial charge < -0.3 is 4.74 Å². The summed E-state index contributed by atoms with van der Waals surface area (Å²) in [6, 6.07) is 18.7. The van der Waals surface area contributed by atoms with Crippen molar-refractivity contribution in [3.63, 3.8) is 0 Å². The second-order valence-electron chi connectivity index (χ2n) is 7.11. The number of halogens is 1. The van der Waals surface area contributed by atoms with Crippen molar-refractivity contribution >= 4 is 32.2 Å². The van der Waals surface area contributed by atoms with Gasteiger partial charge in [-0.3, -0.25) is 10.1 Å². The molecule has 0 spiro atoms. The molecule has 0 saturated heterocycles. The summed E-state index contributed by atoms with van der Waals surface area (Å²) in [7, 11) is -2.05. The molecule has 1 heterocycles. The Morgan fingerprint density at radius 1 is 1.06 bits per heavy atom. The van der Waals surface area contributed by atoms with Gasteiger partial charge in [0.1, 0.15) is 11.6 Å². The van der Waals surface area contributed by atoms with Crippen LogP contribution < -0.4 is 10.1 Å². The minimum absolute atomic E-state index is 0.223. The number of sulfone groups is 1. The van der Waals surface area contributed by atoms with Crippen molar-refractivity contribution in [2.75, 3.05) is 12.4 Å². The van der Waals surface area contributed by atoms with Crippen LogP contribution in [0.3, 0.4) is 0 Å². The molecule has 4 aromatic rings. The summed E-state index contributed by atoms with van der Waals surface area (Å²) in [6.45, 7) is 0. The monoisotopic (exact) mass is 482 g/mol. The highest BCUT2D eigenvalue weighted by atomic mass is 32.2. The maximum absolute atomic E-state index is 13.7. The van der Waals surface area contributed by atoms with E-state index in [1.807, 2.05) is 0 Å². The predicted molar refractivity (Wildman–Crippen MR) is 126 cm³/mol. The normalized spacial score (nSPS) is 11.2. The highest BCUT2D eigenvalue weighted by molar-refractivity contribution is 7.90. The van der Waals surface area contributed by atoms with E-state index in [4.69, 9.17) is 4.74 Å². The summed E-state index contributed by atoms with van der Waals surface area (Å²) in [5.74, 6) is -0.613. The zero-order chi connectivity index (χ0) is 23.4. The molecule has 6 nitrogen and oxygen atoms in total. The number of amides is 1.